The Labute approximate surface area is 141 Å². The largest absolute Gasteiger partial charge is 0.293 e. The molecule has 0 N–H and O–H groups in total. The van der Waals surface area contributed by atoms with E-state index in [4.69, 9.17) is 0 Å². The van der Waals surface area contributed by atoms with Crippen molar-refractivity contribution in [2.45, 2.75) is 23.9 Å². The van der Waals surface area contributed by atoms with Crippen molar-refractivity contribution < 1.29 is 12.8 Å². The highest BCUT2D eigenvalue weighted by atomic mass is 32.2. The lowest BCUT2D eigenvalue weighted by molar-refractivity contribution is 0.0769. The maximum atomic E-state index is 13.0. The Kier molecular flexibility index (Phi) is 3.90. The standard InChI is InChI=1S/C18H19FN2O2S/c19-16-5-7-18(8-6-16)24(22,23)21-12-17(13-21)20-10-9-14-3-1-2-4-15(14)11-20/h1-8,17H,9-13H2. The zero-order chi connectivity index (χ0) is 16.7. The zero-order valence-corrected chi connectivity index (χ0v) is 14.0. The van der Waals surface area contributed by atoms with E-state index in [0.29, 0.717) is 13.1 Å². The second kappa shape index (κ2) is 5.95. The van der Waals surface area contributed by atoms with E-state index in [9.17, 15) is 12.8 Å². The minimum atomic E-state index is -3.51. The average molecular weight is 346 g/mol. The summed E-state index contributed by atoms with van der Waals surface area (Å²) < 4.78 is 39.5. The zero-order valence-electron chi connectivity index (χ0n) is 13.2. The molecule has 2 aromatic rings. The molecule has 0 amide bonds. The summed E-state index contributed by atoms with van der Waals surface area (Å²) in [5.74, 6) is -0.428. The van der Waals surface area contributed by atoms with Gasteiger partial charge in [0.05, 0.1) is 4.90 Å². The third-order valence-electron chi connectivity index (χ3n) is 4.96. The number of fused-ring (bicyclic) bond motifs is 1. The first-order chi connectivity index (χ1) is 11.5. The summed E-state index contributed by atoms with van der Waals surface area (Å²) in [5, 5.41) is 0. The maximum Gasteiger partial charge on any atom is 0.243 e. The molecule has 4 nitrogen and oxygen atoms in total. The summed E-state index contributed by atoms with van der Waals surface area (Å²) in [6.07, 6.45) is 1.01. The van der Waals surface area contributed by atoms with Crippen LogP contribution in [0.1, 0.15) is 11.1 Å². The molecule has 4 rings (SSSR count). The average Bonchev–Trinajstić information content (AvgIpc) is 2.53. The van der Waals surface area contributed by atoms with Gasteiger partial charge in [-0.15, -0.1) is 0 Å². The smallest absolute Gasteiger partial charge is 0.243 e. The molecule has 24 heavy (non-hydrogen) atoms. The molecule has 0 unspecified atom stereocenters. The van der Waals surface area contributed by atoms with Crippen molar-refractivity contribution in [1.82, 2.24) is 9.21 Å². The van der Waals surface area contributed by atoms with Crippen LogP contribution in [0.5, 0.6) is 0 Å². The molecule has 1 fully saturated rings. The molecule has 0 saturated carbocycles. The molecule has 2 aromatic carbocycles. The summed E-state index contributed by atoms with van der Waals surface area (Å²) in [5.41, 5.74) is 2.73. The summed E-state index contributed by atoms with van der Waals surface area (Å²) in [7, 11) is -3.51. The van der Waals surface area contributed by atoms with Crippen molar-refractivity contribution in [3.8, 4) is 0 Å². The number of benzene rings is 2. The van der Waals surface area contributed by atoms with Gasteiger partial charge in [0.25, 0.3) is 0 Å². The first-order valence-electron chi connectivity index (χ1n) is 8.10. The molecule has 0 atom stereocenters. The molecule has 2 aliphatic heterocycles. The Balaban J connectivity index is 1.42. The highest BCUT2D eigenvalue weighted by Gasteiger charge is 2.40. The SMILES string of the molecule is O=S(=O)(c1ccc(F)cc1)N1CC(N2CCc3ccccc3C2)C1. The van der Waals surface area contributed by atoms with Gasteiger partial charge in [-0.1, -0.05) is 24.3 Å². The number of hydrogen-bond acceptors (Lipinski definition) is 3. The Morgan fingerprint density at radius 1 is 0.958 bits per heavy atom. The molecule has 0 aromatic heterocycles. The Hall–Kier alpha value is -1.76. The van der Waals surface area contributed by atoms with Gasteiger partial charge in [0.1, 0.15) is 5.82 Å². The van der Waals surface area contributed by atoms with Crippen LogP contribution >= 0.6 is 0 Å². The lowest BCUT2D eigenvalue weighted by Gasteiger charge is -2.46. The predicted octanol–water partition coefficient (Wildman–Crippen LogP) is 2.26. The molecule has 6 heteroatoms. The quantitative estimate of drug-likeness (QED) is 0.856. The van der Waals surface area contributed by atoms with Crippen molar-refractivity contribution >= 4 is 10.0 Å². The van der Waals surface area contributed by atoms with Crippen LogP contribution < -0.4 is 0 Å². The van der Waals surface area contributed by atoms with Crippen LogP contribution in [0.4, 0.5) is 4.39 Å². The topological polar surface area (TPSA) is 40.6 Å². The lowest BCUT2D eigenvalue weighted by atomic mass is 9.97. The van der Waals surface area contributed by atoms with Gasteiger partial charge in [0.15, 0.2) is 0 Å². The molecular formula is C18H19FN2O2S. The summed E-state index contributed by atoms with van der Waals surface area (Å²) in [6.45, 7) is 2.85. The van der Waals surface area contributed by atoms with Crippen LogP contribution in [0.25, 0.3) is 0 Å². The molecule has 1 saturated heterocycles. The van der Waals surface area contributed by atoms with Gasteiger partial charge in [-0.2, -0.15) is 4.31 Å². The molecular weight excluding hydrogens is 327 g/mol. The highest BCUT2D eigenvalue weighted by molar-refractivity contribution is 7.89. The molecule has 126 valence electrons. The summed E-state index contributed by atoms with van der Waals surface area (Å²) in [4.78, 5) is 2.52. The van der Waals surface area contributed by atoms with E-state index in [1.807, 2.05) is 0 Å². The molecule has 0 aliphatic carbocycles. The number of halogens is 1. The Morgan fingerprint density at radius 3 is 2.33 bits per heavy atom. The van der Waals surface area contributed by atoms with Crippen LogP contribution in [0.15, 0.2) is 53.4 Å². The molecule has 2 aliphatic rings. The van der Waals surface area contributed by atoms with Crippen LogP contribution in [0.3, 0.4) is 0 Å². The lowest BCUT2D eigenvalue weighted by Crippen LogP contribution is -2.61. The number of rotatable bonds is 3. The van der Waals surface area contributed by atoms with Crippen molar-refractivity contribution in [2.75, 3.05) is 19.6 Å². The van der Waals surface area contributed by atoms with Crippen LogP contribution in [0.2, 0.25) is 0 Å². The second-order valence-corrected chi connectivity index (χ2v) is 8.36. The van der Waals surface area contributed by atoms with E-state index in [-0.39, 0.29) is 10.9 Å². The highest BCUT2D eigenvalue weighted by Crippen LogP contribution is 2.28. The number of sulfonamides is 1. The van der Waals surface area contributed by atoms with E-state index in [2.05, 4.69) is 29.2 Å². The second-order valence-electron chi connectivity index (χ2n) is 6.42. The molecule has 0 radical (unpaired) electrons. The summed E-state index contributed by atoms with van der Waals surface area (Å²) >= 11 is 0. The number of hydrogen-bond donors (Lipinski definition) is 0. The monoisotopic (exact) mass is 346 g/mol. The van der Waals surface area contributed by atoms with Gasteiger partial charge in [-0.3, -0.25) is 4.90 Å². The molecule has 0 spiro atoms. The van der Waals surface area contributed by atoms with E-state index < -0.39 is 15.8 Å². The number of nitrogens with zero attached hydrogens (tertiary/aromatic N) is 2. The van der Waals surface area contributed by atoms with Gasteiger partial charge in [-0.05, 0) is 41.8 Å². The van der Waals surface area contributed by atoms with E-state index in [0.717, 1.165) is 19.5 Å². The first kappa shape index (κ1) is 15.7. The third-order valence-corrected chi connectivity index (χ3v) is 6.80. The van der Waals surface area contributed by atoms with Crippen molar-refractivity contribution in [1.29, 1.82) is 0 Å². The maximum absolute atomic E-state index is 13.0. The van der Waals surface area contributed by atoms with E-state index in [1.54, 1.807) is 0 Å². The summed E-state index contributed by atoms with van der Waals surface area (Å²) in [6, 6.07) is 13.7. The van der Waals surface area contributed by atoms with Gasteiger partial charge >= 0.3 is 0 Å². The van der Waals surface area contributed by atoms with Gasteiger partial charge < -0.3 is 0 Å². The van der Waals surface area contributed by atoms with E-state index in [1.165, 1.54) is 39.7 Å². The van der Waals surface area contributed by atoms with Crippen molar-refractivity contribution in [2.24, 2.45) is 0 Å². The molecule has 2 heterocycles. The minimum absolute atomic E-state index is 0.159. The van der Waals surface area contributed by atoms with Crippen LogP contribution in [-0.4, -0.2) is 43.3 Å². The molecule has 0 bridgehead atoms. The van der Waals surface area contributed by atoms with Crippen molar-refractivity contribution in [3.63, 3.8) is 0 Å². The Bertz CT molecular complexity index is 846. The van der Waals surface area contributed by atoms with Crippen LogP contribution in [0, 0.1) is 5.82 Å². The van der Waals surface area contributed by atoms with Gasteiger partial charge in [0.2, 0.25) is 10.0 Å². The predicted molar refractivity (Wildman–Crippen MR) is 89.5 cm³/mol. The van der Waals surface area contributed by atoms with E-state index >= 15 is 0 Å². The van der Waals surface area contributed by atoms with Crippen LogP contribution in [-0.2, 0) is 23.0 Å². The first-order valence-corrected chi connectivity index (χ1v) is 9.54. The fraction of sp³-hybridized carbons (Fsp3) is 0.333. The minimum Gasteiger partial charge on any atom is -0.293 e. The fourth-order valence-corrected chi connectivity index (χ4v) is 4.94. The van der Waals surface area contributed by atoms with Crippen molar-refractivity contribution in [3.05, 3.63) is 65.5 Å². The van der Waals surface area contributed by atoms with Gasteiger partial charge in [-0.25, -0.2) is 12.8 Å². The van der Waals surface area contributed by atoms with Gasteiger partial charge in [0, 0.05) is 32.2 Å². The Morgan fingerprint density at radius 2 is 1.62 bits per heavy atom. The fourth-order valence-electron chi connectivity index (χ4n) is 3.43. The third kappa shape index (κ3) is 2.75. The normalized spacial score (nSPS) is 19.7.